The fraction of sp³-hybridized carbons (Fsp3) is 0.417. The summed E-state index contributed by atoms with van der Waals surface area (Å²) in [7, 11) is 0. The van der Waals surface area contributed by atoms with Crippen LogP contribution in [0.3, 0.4) is 0 Å². The zero-order valence-electron chi connectivity index (χ0n) is 17.8. The van der Waals surface area contributed by atoms with Gasteiger partial charge in [-0.3, -0.25) is 4.79 Å². The van der Waals surface area contributed by atoms with Crippen molar-refractivity contribution in [3.05, 3.63) is 58.1 Å². The van der Waals surface area contributed by atoms with Gasteiger partial charge in [0.15, 0.2) is 0 Å². The molecule has 1 spiro atoms. The largest absolute Gasteiger partial charge is 0.494 e. The van der Waals surface area contributed by atoms with E-state index in [1.54, 1.807) is 6.92 Å². The Morgan fingerprint density at radius 2 is 1.97 bits per heavy atom. The van der Waals surface area contributed by atoms with Crippen LogP contribution in [0.5, 0.6) is 11.5 Å². The number of benzene rings is 2. The molecule has 0 radical (unpaired) electrons. The molecule has 1 amide bonds. The maximum absolute atomic E-state index is 11.9. The van der Waals surface area contributed by atoms with E-state index in [1.165, 1.54) is 0 Å². The average Bonchev–Trinajstić information content (AvgIpc) is 3.23. The second-order valence-corrected chi connectivity index (χ2v) is 9.22. The van der Waals surface area contributed by atoms with E-state index in [4.69, 9.17) is 14.6 Å². The molecule has 31 heavy (non-hydrogen) atoms. The number of hydrogen-bond donors (Lipinski definition) is 0. The van der Waals surface area contributed by atoms with Gasteiger partial charge >= 0.3 is 0 Å². The molecule has 0 saturated carbocycles. The number of carbonyl (C=O) groups excluding carboxylic acids is 1. The van der Waals surface area contributed by atoms with Crippen LogP contribution in [0, 0.1) is 0 Å². The Morgan fingerprint density at radius 3 is 2.65 bits per heavy atom. The Kier molecular flexibility index (Phi) is 5.16. The topological polar surface area (TPSA) is 54.4 Å². The Labute approximate surface area is 190 Å². The van der Waals surface area contributed by atoms with E-state index in [2.05, 4.69) is 39.1 Å². The third-order valence-electron chi connectivity index (χ3n) is 6.45. The van der Waals surface area contributed by atoms with Crippen molar-refractivity contribution >= 4 is 27.5 Å². The van der Waals surface area contributed by atoms with Gasteiger partial charge in [-0.2, -0.15) is 5.10 Å². The molecule has 2 aromatic carbocycles. The molecule has 5 rings (SSSR count). The molecule has 0 aromatic heterocycles. The van der Waals surface area contributed by atoms with Gasteiger partial charge in [0.1, 0.15) is 11.5 Å². The molecule has 2 aromatic rings. The van der Waals surface area contributed by atoms with Crippen LogP contribution in [-0.2, 0) is 4.79 Å². The summed E-state index contributed by atoms with van der Waals surface area (Å²) in [5, 5.41) is 7.27. The van der Waals surface area contributed by atoms with Crippen LogP contribution >= 0.6 is 15.9 Å². The summed E-state index contributed by atoms with van der Waals surface area (Å²) in [4.78, 5) is 13.8. The fourth-order valence-corrected chi connectivity index (χ4v) is 5.22. The van der Waals surface area contributed by atoms with E-state index in [1.807, 2.05) is 36.1 Å². The van der Waals surface area contributed by atoms with Gasteiger partial charge in [-0.25, -0.2) is 5.01 Å². The first-order chi connectivity index (χ1) is 15.0. The number of halogens is 1. The minimum absolute atomic E-state index is 0.117. The summed E-state index contributed by atoms with van der Waals surface area (Å²) in [5.74, 6) is 1.91. The standard InChI is InChI=1S/C24H26BrN3O3/c1-3-30-19-7-4-17(5-8-19)21-15-22-20-14-18(25)6-9-23(20)31-24(28(22)26-21)10-12-27(13-11-24)16(2)29/h4-9,14,22H,3,10-13,15H2,1-2H3. The van der Waals surface area contributed by atoms with Crippen LogP contribution in [0.25, 0.3) is 0 Å². The second-order valence-electron chi connectivity index (χ2n) is 8.31. The number of nitrogens with zero attached hydrogens (tertiary/aromatic N) is 3. The number of hydrogen-bond acceptors (Lipinski definition) is 5. The highest BCUT2D eigenvalue weighted by atomic mass is 79.9. The van der Waals surface area contributed by atoms with Crippen molar-refractivity contribution in [3.63, 3.8) is 0 Å². The predicted molar refractivity (Wildman–Crippen MR) is 122 cm³/mol. The molecule has 3 aliphatic rings. The Morgan fingerprint density at radius 1 is 1.23 bits per heavy atom. The van der Waals surface area contributed by atoms with Crippen LogP contribution in [0.15, 0.2) is 52.0 Å². The summed E-state index contributed by atoms with van der Waals surface area (Å²) in [6, 6.07) is 14.5. The van der Waals surface area contributed by atoms with Gasteiger partial charge in [-0.15, -0.1) is 0 Å². The number of ether oxygens (including phenoxy) is 2. The highest BCUT2D eigenvalue weighted by Gasteiger charge is 2.52. The van der Waals surface area contributed by atoms with E-state index in [0.29, 0.717) is 19.7 Å². The van der Waals surface area contributed by atoms with Crippen LogP contribution in [0.2, 0.25) is 0 Å². The summed E-state index contributed by atoms with van der Waals surface area (Å²) in [6.45, 7) is 5.63. The lowest BCUT2D eigenvalue weighted by molar-refractivity contribution is -0.158. The molecule has 1 saturated heterocycles. The van der Waals surface area contributed by atoms with Crippen molar-refractivity contribution in [3.8, 4) is 11.5 Å². The third-order valence-corrected chi connectivity index (χ3v) is 6.94. The molecule has 1 unspecified atom stereocenters. The summed E-state index contributed by atoms with van der Waals surface area (Å²) >= 11 is 3.61. The lowest BCUT2D eigenvalue weighted by Crippen LogP contribution is -2.59. The van der Waals surface area contributed by atoms with Crippen molar-refractivity contribution < 1.29 is 14.3 Å². The van der Waals surface area contributed by atoms with Crippen molar-refractivity contribution in [2.24, 2.45) is 5.10 Å². The highest BCUT2D eigenvalue weighted by Crippen LogP contribution is 2.50. The molecule has 0 aliphatic carbocycles. The summed E-state index contributed by atoms with van der Waals surface area (Å²) in [5.41, 5.74) is 2.78. The number of amides is 1. The van der Waals surface area contributed by atoms with Gasteiger partial charge in [0.05, 0.1) is 18.4 Å². The molecular formula is C24H26BrN3O3. The van der Waals surface area contributed by atoms with Crippen molar-refractivity contribution in [1.82, 2.24) is 9.91 Å². The van der Waals surface area contributed by atoms with Crippen LogP contribution in [0.4, 0.5) is 0 Å². The molecular weight excluding hydrogens is 458 g/mol. The molecule has 0 bridgehead atoms. The van der Waals surface area contributed by atoms with Gasteiger partial charge in [0.2, 0.25) is 11.6 Å². The van der Waals surface area contributed by atoms with Crippen molar-refractivity contribution in [2.45, 2.75) is 44.9 Å². The number of carbonyl (C=O) groups is 1. The zero-order valence-corrected chi connectivity index (χ0v) is 19.4. The average molecular weight is 484 g/mol. The molecule has 7 heteroatoms. The quantitative estimate of drug-likeness (QED) is 0.632. The molecule has 1 fully saturated rings. The highest BCUT2D eigenvalue weighted by molar-refractivity contribution is 9.10. The van der Waals surface area contributed by atoms with E-state index in [-0.39, 0.29) is 11.9 Å². The lowest BCUT2D eigenvalue weighted by atomic mass is 9.90. The first kappa shape index (κ1) is 20.4. The normalized spacial score (nSPS) is 21.3. The van der Waals surface area contributed by atoms with E-state index in [0.717, 1.165) is 52.1 Å². The number of hydrazone groups is 1. The minimum atomic E-state index is -0.523. The molecule has 3 heterocycles. The van der Waals surface area contributed by atoms with E-state index < -0.39 is 5.72 Å². The first-order valence-corrected chi connectivity index (χ1v) is 11.6. The number of piperidine rings is 1. The van der Waals surface area contributed by atoms with Crippen molar-refractivity contribution in [2.75, 3.05) is 19.7 Å². The summed E-state index contributed by atoms with van der Waals surface area (Å²) in [6.07, 6.45) is 2.29. The number of fused-ring (bicyclic) bond motifs is 4. The maximum Gasteiger partial charge on any atom is 0.219 e. The van der Waals surface area contributed by atoms with Crippen LogP contribution < -0.4 is 9.47 Å². The fourth-order valence-electron chi connectivity index (χ4n) is 4.84. The molecule has 1 atom stereocenters. The van der Waals surface area contributed by atoms with Gasteiger partial charge in [-0.05, 0) is 55.0 Å². The third kappa shape index (κ3) is 3.59. The van der Waals surface area contributed by atoms with Gasteiger partial charge < -0.3 is 14.4 Å². The minimum Gasteiger partial charge on any atom is -0.494 e. The lowest BCUT2D eigenvalue weighted by Gasteiger charge is -2.51. The van der Waals surface area contributed by atoms with Gasteiger partial charge in [0, 0.05) is 49.3 Å². The van der Waals surface area contributed by atoms with Gasteiger partial charge in [-0.1, -0.05) is 15.9 Å². The second kappa shape index (κ2) is 7.86. The Balaban J connectivity index is 1.50. The molecule has 6 nitrogen and oxygen atoms in total. The van der Waals surface area contributed by atoms with Gasteiger partial charge in [0.25, 0.3) is 0 Å². The van der Waals surface area contributed by atoms with Crippen molar-refractivity contribution in [1.29, 1.82) is 0 Å². The van der Waals surface area contributed by atoms with E-state index in [9.17, 15) is 4.79 Å². The SMILES string of the molecule is CCOc1ccc(C2=NN3C(C2)c2cc(Br)ccc2OC32CCN(C(C)=O)CC2)cc1. The van der Waals surface area contributed by atoms with E-state index >= 15 is 0 Å². The Bertz CT molecular complexity index is 1030. The maximum atomic E-state index is 11.9. The molecule has 0 N–H and O–H groups in total. The zero-order chi connectivity index (χ0) is 21.6. The molecule has 3 aliphatic heterocycles. The smallest absolute Gasteiger partial charge is 0.219 e. The molecule has 162 valence electrons. The first-order valence-electron chi connectivity index (χ1n) is 10.8. The summed E-state index contributed by atoms with van der Waals surface area (Å²) < 4.78 is 13.3. The number of likely N-dealkylation sites (tertiary alicyclic amines) is 1. The van der Waals surface area contributed by atoms with Crippen LogP contribution in [-0.4, -0.2) is 46.9 Å². The predicted octanol–water partition coefficient (Wildman–Crippen LogP) is 4.73. The van der Waals surface area contributed by atoms with Crippen LogP contribution in [0.1, 0.15) is 50.3 Å². The number of rotatable bonds is 3. The Hall–Kier alpha value is -2.54. The monoisotopic (exact) mass is 483 g/mol.